The van der Waals surface area contributed by atoms with Gasteiger partial charge in [0.15, 0.2) is 0 Å². The highest BCUT2D eigenvalue weighted by Crippen LogP contribution is 2.16. The van der Waals surface area contributed by atoms with Crippen LogP contribution in [0.4, 0.5) is 5.69 Å². The fraction of sp³-hybridized carbons (Fsp3) is 0.267. The van der Waals surface area contributed by atoms with Crippen LogP contribution >= 0.6 is 0 Å². The van der Waals surface area contributed by atoms with Gasteiger partial charge in [0.05, 0.1) is 17.7 Å². The third kappa shape index (κ3) is 3.28. The molecule has 1 aromatic carbocycles. The summed E-state index contributed by atoms with van der Waals surface area (Å²) in [5.41, 5.74) is 3.20. The first-order chi connectivity index (χ1) is 9.88. The number of rotatable bonds is 4. The van der Waals surface area contributed by atoms with Crippen LogP contribution < -0.4 is 5.32 Å². The first-order valence-corrected chi connectivity index (χ1v) is 6.50. The largest absolute Gasteiger partial charge is 0.481 e. The number of anilines is 1. The van der Waals surface area contributed by atoms with Crippen molar-refractivity contribution in [1.82, 2.24) is 9.78 Å². The lowest BCUT2D eigenvalue weighted by Crippen LogP contribution is -2.14. The molecule has 0 saturated carbocycles. The predicted molar refractivity (Wildman–Crippen MR) is 78.4 cm³/mol. The van der Waals surface area contributed by atoms with Gasteiger partial charge < -0.3 is 10.4 Å². The predicted octanol–water partition coefficient (Wildman–Crippen LogP) is 1.92. The average Bonchev–Trinajstić information content (AvgIpc) is 2.62. The van der Waals surface area contributed by atoms with Crippen LogP contribution in [0.15, 0.2) is 24.3 Å². The Hall–Kier alpha value is -2.63. The van der Waals surface area contributed by atoms with E-state index in [0.717, 1.165) is 5.69 Å². The molecule has 0 saturated heterocycles. The summed E-state index contributed by atoms with van der Waals surface area (Å²) in [7, 11) is 1.78. The van der Waals surface area contributed by atoms with Crippen LogP contribution in [0.5, 0.6) is 0 Å². The highest BCUT2D eigenvalue weighted by molar-refractivity contribution is 6.05. The van der Waals surface area contributed by atoms with E-state index in [0.29, 0.717) is 22.5 Å². The zero-order valence-electron chi connectivity index (χ0n) is 12.2. The molecule has 2 N–H and O–H groups in total. The maximum atomic E-state index is 12.3. The third-order valence-electron chi connectivity index (χ3n) is 3.28. The summed E-state index contributed by atoms with van der Waals surface area (Å²) < 4.78 is 1.66. The van der Waals surface area contributed by atoms with Crippen molar-refractivity contribution in [3.8, 4) is 0 Å². The molecule has 110 valence electrons. The Kier molecular flexibility index (Phi) is 4.07. The first-order valence-electron chi connectivity index (χ1n) is 6.50. The number of aromatic nitrogens is 2. The lowest BCUT2D eigenvalue weighted by Gasteiger charge is -2.07. The van der Waals surface area contributed by atoms with Crippen molar-refractivity contribution in [1.29, 1.82) is 0 Å². The van der Waals surface area contributed by atoms with Gasteiger partial charge in [0.1, 0.15) is 0 Å². The number of carboxylic acid groups (broad SMARTS) is 1. The van der Waals surface area contributed by atoms with Crippen LogP contribution in [0.2, 0.25) is 0 Å². The summed E-state index contributed by atoms with van der Waals surface area (Å²) >= 11 is 0. The molecule has 0 aliphatic carbocycles. The smallest absolute Gasteiger partial charge is 0.307 e. The van der Waals surface area contributed by atoms with Crippen molar-refractivity contribution in [2.75, 3.05) is 5.32 Å². The maximum absolute atomic E-state index is 12.3. The van der Waals surface area contributed by atoms with Gasteiger partial charge in [-0.15, -0.1) is 0 Å². The van der Waals surface area contributed by atoms with E-state index < -0.39 is 5.97 Å². The molecule has 0 spiro atoms. The number of nitrogens with one attached hydrogen (secondary N) is 1. The van der Waals surface area contributed by atoms with E-state index in [2.05, 4.69) is 10.4 Å². The van der Waals surface area contributed by atoms with Crippen LogP contribution in [0.1, 0.15) is 27.3 Å². The molecule has 0 aliphatic heterocycles. The van der Waals surface area contributed by atoms with Crippen molar-refractivity contribution >= 4 is 17.6 Å². The van der Waals surface area contributed by atoms with E-state index in [1.54, 1.807) is 42.9 Å². The molecule has 0 bridgehead atoms. The van der Waals surface area contributed by atoms with Crippen molar-refractivity contribution < 1.29 is 14.7 Å². The molecular formula is C15H17N3O3. The molecule has 21 heavy (non-hydrogen) atoms. The van der Waals surface area contributed by atoms with E-state index in [-0.39, 0.29) is 12.3 Å². The lowest BCUT2D eigenvalue weighted by molar-refractivity contribution is -0.136. The molecule has 6 heteroatoms. The summed E-state index contributed by atoms with van der Waals surface area (Å²) in [6.45, 7) is 3.61. The van der Waals surface area contributed by atoms with Crippen LogP contribution in [0.25, 0.3) is 0 Å². The molecule has 0 atom stereocenters. The summed E-state index contributed by atoms with van der Waals surface area (Å²) in [6, 6.07) is 6.82. The van der Waals surface area contributed by atoms with Gasteiger partial charge in [-0.2, -0.15) is 5.10 Å². The Bertz CT molecular complexity index is 704. The molecule has 1 heterocycles. The minimum absolute atomic E-state index is 0.0747. The molecule has 2 aromatic rings. The molecule has 1 amide bonds. The normalized spacial score (nSPS) is 10.4. The van der Waals surface area contributed by atoms with E-state index in [4.69, 9.17) is 5.11 Å². The van der Waals surface area contributed by atoms with Crippen molar-refractivity contribution in [3.05, 3.63) is 46.8 Å². The topological polar surface area (TPSA) is 84.2 Å². The quantitative estimate of drug-likeness (QED) is 0.899. The number of hydrogen-bond acceptors (Lipinski definition) is 3. The number of hydrogen-bond donors (Lipinski definition) is 2. The summed E-state index contributed by atoms with van der Waals surface area (Å²) in [6.07, 6.45) is -0.0747. The van der Waals surface area contributed by atoms with Crippen molar-refractivity contribution in [2.24, 2.45) is 7.05 Å². The number of aryl methyl sites for hydroxylation is 2. The van der Waals surface area contributed by atoms with Crippen LogP contribution in [-0.2, 0) is 18.3 Å². The Labute approximate surface area is 122 Å². The van der Waals surface area contributed by atoms with Crippen LogP contribution in [0, 0.1) is 13.8 Å². The fourth-order valence-corrected chi connectivity index (χ4v) is 2.23. The number of carbonyl (C=O) groups excluding carboxylic acids is 1. The molecule has 2 rings (SSSR count). The SMILES string of the molecule is Cc1nn(C)c(C)c1C(=O)Nc1cccc(CC(=O)O)c1. The highest BCUT2D eigenvalue weighted by Gasteiger charge is 2.17. The van der Waals surface area contributed by atoms with Gasteiger partial charge in [0, 0.05) is 18.4 Å². The molecule has 0 aliphatic rings. The van der Waals surface area contributed by atoms with Gasteiger partial charge >= 0.3 is 5.97 Å². The van der Waals surface area contributed by atoms with Crippen LogP contribution in [-0.4, -0.2) is 26.8 Å². The lowest BCUT2D eigenvalue weighted by atomic mass is 10.1. The van der Waals surface area contributed by atoms with E-state index >= 15 is 0 Å². The minimum Gasteiger partial charge on any atom is -0.481 e. The number of nitrogens with zero attached hydrogens (tertiary/aromatic N) is 2. The van der Waals surface area contributed by atoms with E-state index in [1.165, 1.54) is 0 Å². The number of carbonyl (C=O) groups is 2. The first kappa shape index (κ1) is 14.8. The van der Waals surface area contributed by atoms with Gasteiger partial charge in [0.25, 0.3) is 5.91 Å². The third-order valence-corrected chi connectivity index (χ3v) is 3.28. The second-order valence-electron chi connectivity index (χ2n) is 4.89. The molecule has 6 nitrogen and oxygen atoms in total. The Morgan fingerprint density at radius 2 is 2.05 bits per heavy atom. The average molecular weight is 287 g/mol. The van der Waals surface area contributed by atoms with Gasteiger partial charge in [-0.1, -0.05) is 12.1 Å². The fourth-order valence-electron chi connectivity index (χ4n) is 2.23. The molecule has 0 unspecified atom stereocenters. The minimum atomic E-state index is -0.905. The summed E-state index contributed by atoms with van der Waals surface area (Å²) in [4.78, 5) is 23.0. The molecular weight excluding hydrogens is 270 g/mol. The summed E-state index contributed by atoms with van der Waals surface area (Å²) in [5.74, 6) is -1.15. The number of aliphatic carboxylic acids is 1. The molecule has 1 aromatic heterocycles. The van der Waals surface area contributed by atoms with E-state index in [9.17, 15) is 9.59 Å². The standard InChI is InChI=1S/C15H17N3O3/c1-9-14(10(2)18(3)17-9)15(21)16-12-6-4-5-11(7-12)8-13(19)20/h4-7H,8H2,1-3H3,(H,16,21)(H,19,20). The Morgan fingerprint density at radius 1 is 1.33 bits per heavy atom. The zero-order valence-corrected chi connectivity index (χ0v) is 12.2. The van der Waals surface area contributed by atoms with Gasteiger partial charge in [-0.25, -0.2) is 0 Å². The second-order valence-corrected chi connectivity index (χ2v) is 4.89. The number of carboxylic acids is 1. The van der Waals surface area contributed by atoms with Crippen LogP contribution in [0.3, 0.4) is 0 Å². The monoisotopic (exact) mass is 287 g/mol. The maximum Gasteiger partial charge on any atom is 0.307 e. The number of benzene rings is 1. The summed E-state index contributed by atoms with van der Waals surface area (Å²) in [5, 5.41) is 15.8. The van der Waals surface area contributed by atoms with Gasteiger partial charge in [-0.3, -0.25) is 14.3 Å². The van der Waals surface area contributed by atoms with E-state index in [1.807, 2.05) is 6.92 Å². The van der Waals surface area contributed by atoms with Gasteiger partial charge in [-0.05, 0) is 31.5 Å². The molecule has 0 radical (unpaired) electrons. The zero-order chi connectivity index (χ0) is 15.6. The van der Waals surface area contributed by atoms with Gasteiger partial charge in [0.2, 0.25) is 0 Å². The Balaban J connectivity index is 2.21. The highest BCUT2D eigenvalue weighted by atomic mass is 16.4. The molecule has 0 fully saturated rings. The Morgan fingerprint density at radius 3 is 2.62 bits per heavy atom. The number of amides is 1. The van der Waals surface area contributed by atoms with Crippen molar-refractivity contribution in [3.63, 3.8) is 0 Å². The van der Waals surface area contributed by atoms with Crippen molar-refractivity contribution in [2.45, 2.75) is 20.3 Å². The second kappa shape index (κ2) is 5.78.